The summed E-state index contributed by atoms with van der Waals surface area (Å²) in [6, 6.07) is 0. The monoisotopic (exact) mass is 224 g/mol. The molecule has 2 rings (SSSR count). The molecule has 0 saturated heterocycles. The average molecular weight is 225 g/mol. The van der Waals surface area contributed by atoms with Gasteiger partial charge in [0.2, 0.25) is 0 Å². The van der Waals surface area contributed by atoms with Gasteiger partial charge in [-0.05, 0) is 0 Å². The van der Waals surface area contributed by atoms with Gasteiger partial charge in [-0.25, -0.2) is 4.98 Å². The molecule has 0 aliphatic heterocycles. The topological polar surface area (TPSA) is 52.7 Å². The first kappa shape index (κ1) is 9.92. The first-order valence-corrected chi connectivity index (χ1v) is 4.73. The van der Waals surface area contributed by atoms with Crippen molar-refractivity contribution >= 4 is 11.6 Å². The largest absolute Gasteiger partial charge is 0.307 e. The van der Waals surface area contributed by atoms with Crippen LogP contribution in [0.25, 0.3) is 0 Å². The van der Waals surface area contributed by atoms with Gasteiger partial charge >= 0.3 is 0 Å². The van der Waals surface area contributed by atoms with E-state index in [0.717, 1.165) is 5.56 Å². The van der Waals surface area contributed by atoms with Crippen LogP contribution in [-0.2, 0) is 13.6 Å². The smallest absolute Gasteiger partial charge is 0.288 e. The van der Waals surface area contributed by atoms with E-state index in [2.05, 4.69) is 10.1 Å². The predicted octanol–water partition coefficient (Wildman–Crippen LogP) is 0.678. The fourth-order valence-electron chi connectivity index (χ4n) is 1.30. The summed E-state index contributed by atoms with van der Waals surface area (Å²) in [5.74, 6) is 0. The van der Waals surface area contributed by atoms with Gasteiger partial charge in [0, 0.05) is 31.2 Å². The fraction of sp³-hybridized carbons (Fsp3) is 0.222. The molecule has 15 heavy (non-hydrogen) atoms. The first-order chi connectivity index (χ1) is 7.16. The van der Waals surface area contributed by atoms with E-state index in [-0.39, 0.29) is 10.7 Å². The van der Waals surface area contributed by atoms with E-state index in [1.54, 1.807) is 17.1 Å². The lowest BCUT2D eigenvalue weighted by Gasteiger charge is -2.02. The lowest BCUT2D eigenvalue weighted by Crippen LogP contribution is -2.20. The van der Waals surface area contributed by atoms with Gasteiger partial charge in [-0.3, -0.25) is 9.48 Å². The Labute approximate surface area is 90.9 Å². The molecule has 0 unspecified atom stereocenters. The summed E-state index contributed by atoms with van der Waals surface area (Å²) in [6.07, 6.45) is 6.66. The zero-order valence-corrected chi connectivity index (χ0v) is 8.85. The molecule has 0 atom stereocenters. The number of halogens is 1. The molecule has 0 N–H and O–H groups in total. The highest BCUT2D eigenvalue weighted by molar-refractivity contribution is 6.29. The summed E-state index contributed by atoms with van der Waals surface area (Å²) in [6.45, 7) is 0.453. The normalized spacial score (nSPS) is 10.5. The molecule has 0 amide bonds. The Morgan fingerprint density at radius 3 is 3.00 bits per heavy atom. The lowest BCUT2D eigenvalue weighted by molar-refractivity contribution is 0.742. The van der Waals surface area contributed by atoms with E-state index >= 15 is 0 Å². The zero-order chi connectivity index (χ0) is 10.8. The number of hydrogen-bond acceptors (Lipinski definition) is 3. The molecule has 0 bridgehead atoms. The van der Waals surface area contributed by atoms with E-state index < -0.39 is 0 Å². The van der Waals surface area contributed by atoms with E-state index in [4.69, 9.17) is 11.6 Å². The highest BCUT2D eigenvalue weighted by Crippen LogP contribution is 2.00. The second-order valence-corrected chi connectivity index (χ2v) is 3.53. The molecular weight excluding hydrogens is 216 g/mol. The van der Waals surface area contributed by atoms with Gasteiger partial charge in [0.1, 0.15) is 0 Å². The molecule has 0 radical (unpaired) electrons. The molecule has 2 heterocycles. The fourth-order valence-corrected chi connectivity index (χ4v) is 1.46. The maximum Gasteiger partial charge on any atom is 0.288 e. The molecule has 0 saturated carbocycles. The summed E-state index contributed by atoms with van der Waals surface area (Å²) in [5.41, 5.74) is 0.657. The molecule has 0 aliphatic rings. The van der Waals surface area contributed by atoms with Crippen LogP contribution in [0.15, 0.2) is 29.6 Å². The third-order valence-electron chi connectivity index (χ3n) is 1.98. The van der Waals surface area contributed by atoms with Gasteiger partial charge in [0.15, 0.2) is 5.15 Å². The summed E-state index contributed by atoms with van der Waals surface area (Å²) in [4.78, 5) is 15.2. The molecule has 5 nitrogen and oxygen atoms in total. The van der Waals surface area contributed by atoms with Crippen molar-refractivity contribution in [1.82, 2.24) is 19.3 Å². The molecule has 0 fully saturated rings. The summed E-state index contributed by atoms with van der Waals surface area (Å²) >= 11 is 5.62. The third kappa shape index (κ3) is 2.07. The third-order valence-corrected chi connectivity index (χ3v) is 2.24. The Morgan fingerprint density at radius 1 is 1.53 bits per heavy atom. The molecule has 2 aromatic rings. The van der Waals surface area contributed by atoms with Crippen LogP contribution in [0.5, 0.6) is 0 Å². The summed E-state index contributed by atoms with van der Waals surface area (Å²) < 4.78 is 3.18. The Balaban J connectivity index is 2.32. The molecule has 6 heteroatoms. The van der Waals surface area contributed by atoms with Gasteiger partial charge in [-0.2, -0.15) is 5.10 Å². The number of nitrogens with zero attached hydrogens (tertiary/aromatic N) is 4. The van der Waals surface area contributed by atoms with Crippen molar-refractivity contribution < 1.29 is 0 Å². The van der Waals surface area contributed by atoms with Crippen LogP contribution in [0.3, 0.4) is 0 Å². The average Bonchev–Trinajstić information content (AvgIpc) is 2.59. The molecule has 78 valence electrons. The Kier molecular flexibility index (Phi) is 2.55. The minimum Gasteiger partial charge on any atom is -0.307 e. The lowest BCUT2D eigenvalue weighted by atomic mass is 10.3. The van der Waals surface area contributed by atoms with Crippen molar-refractivity contribution in [3.8, 4) is 0 Å². The van der Waals surface area contributed by atoms with Crippen LogP contribution < -0.4 is 5.56 Å². The summed E-state index contributed by atoms with van der Waals surface area (Å²) in [7, 11) is 1.83. The van der Waals surface area contributed by atoms with Crippen LogP contribution >= 0.6 is 11.6 Å². The van der Waals surface area contributed by atoms with Crippen LogP contribution in [0.4, 0.5) is 0 Å². The maximum atomic E-state index is 11.5. The zero-order valence-electron chi connectivity index (χ0n) is 8.09. The van der Waals surface area contributed by atoms with Crippen molar-refractivity contribution in [1.29, 1.82) is 0 Å². The van der Waals surface area contributed by atoms with Gasteiger partial charge < -0.3 is 4.57 Å². The van der Waals surface area contributed by atoms with Crippen molar-refractivity contribution in [3.63, 3.8) is 0 Å². The van der Waals surface area contributed by atoms with Crippen molar-refractivity contribution in [2.75, 3.05) is 0 Å². The van der Waals surface area contributed by atoms with Gasteiger partial charge in [0.05, 0.1) is 12.7 Å². The van der Waals surface area contributed by atoms with E-state index in [1.165, 1.54) is 10.8 Å². The predicted molar refractivity (Wildman–Crippen MR) is 55.8 cm³/mol. The van der Waals surface area contributed by atoms with Crippen molar-refractivity contribution in [2.45, 2.75) is 6.54 Å². The van der Waals surface area contributed by atoms with Crippen molar-refractivity contribution in [2.24, 2.45) is 7.05 Å². The standard InChI is InChI=1S/C9H9ClN4O/c1-13-5-7(4-12-13)6-14-3-2-11-8(10)9(14)15/h2-5H,6H2,1H3. The number of aromatic nitrogens is 4. The molecule has 0 aromatic carbocycles. The highest BCUT2D eigenvalue weighted by Gasteiger charge is 2.03. The van der Waals surface area contributed by atoms with Crippen LogP contribution in [0.1, 0.15) is 5.56 Å². The molecule has 0 aliphatic carbocycles. The van der Waals surface area contributed by atoms with Gasteiger partial charge in [-0.15, -0.1) is 0 Å². The Morgan fingerprint density at radius 2 is 2.33 bits per heavy atom. The number of rotatable bonds is 2. The Hall–Kier alpha value is -1.62. The molecular formula is C9H9ClN4O. The highest BCUT2D eigenvalue weighted by atomic mass is 35.5. The van der Waals surface area contributed by atoms with E-state index in [9.17, 15) is 4.79 Å². The summed E-state index contributed by atoms with van der Waals surface area (Å²) in [5, 5.41) is 4.00. The maximum absolute atomic E-state index is 11.5. The van der Waals surface area contributed by atoms with E-state index in [0.29, 0.717) is 6.54 Å². The number of hydrogen-bond donors (Lipinski definition) is 0. The first-order valence-electron chi connectivity index (χ1n) is 4.35. The van der Waals surface area contributed by atoms with Crippen LogP contribution in [-0.4, -0.2) is 19.3 Å². The second-order valence-electron chi connectivity index (χ2n) is 3.17. The van der Waals surface area contributed by atoms with Crippen LogP contribution in [0.2, 0.25) is 5.15 Å². The SMILES string of the molecule is Cn1cc(Cn2ccnc(Cl)c2=O)cn1. The quantitative estimate of drug-likeness (QED) is 0.754. The van der Waals surface area contributed by atoms with Gasteiger partial charge in [0.25, 0.3) is 5.56 Å². The second kappa shape index (κ2) is 3.86. The Bertz CT molecular complexity index is 531. The van der Waals surface area contributed by atoms with E-state index in [1.807, 2.05) is 13.2 Å². The molecule has 0 spiro atoms. The van der Waals surface area contributed by atoms with Crippen LogP contribution in [0, 0.1) is 0 Å². The van der Waals surface area contributed by atoms with Gasteiger partial charge in [-0.1, -0.05) is 11.6 Å². The van der Waals surface area contributed by atoms with Crippen molar-refractivity contribution in [3.05, 3.63) is 45.9 Å². The minimum atomic E-state index is -0.289. The minimum absolute atomic E-state index is 0.0126. The molecule has 2 aromatic heterocycles. The number of aryl methyl sites for hydroxylation is 1.